The molecule has 1 aromatic rings. The Kier molecular flexibility index (Phi) is 6.72. The van der Waals surface area contributed by atoms with E-state index in [1.165, 1.54) is 13.2 Å². The van der Waals surface area contributed by atoms with Crippen molar-refractivity contribution in [3.63, 3.8) is 0 Å². The molecule has 0 heterocycles. The minimum absolute atomic E-state index is 0.0344. The van der Waals surface area contributed by atoms with Gasteiger partial charge in [-0.1, -0.05) is 36.4 Å². The number of nitrogens with one attached hydrogen (secondary N) is 1. The molecule has 0 aliphatic carbocycles. The lowest BCUT2D eigenvalue weighted by molar-refractivity contribution is -0.134. The Bertz CT molecular complexity index is 464. The molecule has 1 amide bonds. The van der Waals surface area contributed by atoms with Crippen LogP contribution in [-0.2, 0) is 14.3 Å². The quantitative estimate of drug-likeness (QED) is 0.485. The largest absolute Gasteiger partial charge is 0.466 e. The minimum atomic E-state index is -0.397. The number of carbonyl (C=O) groups is 2. The van der Waals surface area contributed by atoms with Crippen LogP contribution in [0.1, 0.15) is 12.8 Å². The maximum absolute atomic E-state index is 11.6. The van der Waals surface area contributed by atoms with E-state index >= 15 is 0 Å². The summed E-state index contributed by atoms with van der Waals surface area (Å²) in [6.07, 6.45) is 7.46. The van der Waals surface area contributed by atoms with Crippen molar-refractivity contribution >= 4 is 17.6 Å². The van der Waals surface area contributed by atoms with Gasteiger partial charge in [0.05, 0.1) is 7.11 Å². The molecule has 1 rings (SSSR count). The van der Waals surface area contributed by atoms with E-state index in [2.05, 4.69) is 10.1 Å². The van der Waals surface area contributed by atoms with Gasteiger partial charge in [-0.05, 0) is 18.6 Å². The maximum atomic E-state index is 11.6. The molecule has 0 spiro atoms. The number of ether oxygens (including phenoxy) is 1. The van der Waals surface area contributed by atoms with E-state index in [9.17, 15) is 9.59 Å². The number of hydrogen-bond donors (Lipinski definition) is 1. The lowest BCUT2D eigenvalue weighted by atomic mass is 10.2. The first-order valence-electron chi connectivity index (χ1n) is 5.98. The Morgan fingerprint density at radius 2 is 1.95 bits per heavy atom. The average molecular weight is 259 g/mol. The molecule has 0 bridgehead atoms. The number of anilines is 1. The summed E-state index contributed by atoms with van der Waals surface area (Å²) < 4.78 is 4.44. The van der Waals surface area contributed by atoms with Crippen molar-refractivity contribution < 1.29 is 14.3 Å². The molecule has 0 aliphatic heterocycles. The number of allylic oxidation sites excluding steroid dienone is 3. The van der Waals surface area contributed by atoms with E-state index < -0.39 is 5.97 Å². The normalized spacial score (nSPS) is 10.8. The highest BCUT2D eigenvalue weighted by Gasteiger charge is 1.99. The van der Waals surface area contributed by atoms with Gasteiger partial charge in [0, 0.05) is 18.2 Å². The Labute approximate surface area is 112 Å². The highest BCUT2D eigenvalue weighted by molar-refractivity contribution is 5.90. The zero-order valence-electron chi connectivity index (χ0n) is 10.8. The van der Waals surface area contributed by atoms with Crippen LogP contribution >= 0.6 is 0 Å². The molecule has 0 saturated carbocycles. The van der Waals surface area contributed by atoms with Crippen LogP contribution in [0, 0.1) is 0 Å². The van der Waals surface area contributed by atoms with Gasteiger partial charge in [0.1, 0.15) is 0 Å². The number of benzene rings is 1. The zero-order chi connectivity index (χ0) is 13.9. The van der Waals surface area contributed by atoms with Crippen molar-refractivity contribution in [3.05, 3.63) is 54.6 Å². The van der Waals surface area contributed by atoms with Crippen LogP contribution in [0.2, 0.25) is 0 Å². The predicted molar refractivity (Wildman–Crippen MR) is 74.6 cm³/mol. The third-order valence-electron chi connectivity index (χ3n) is 2.28. The molecule has 0 aromatic heterocycles. The molecule has 0 fully saturated rings. The van der Waals surface area contributed by atoms with E-state index in [-0.39, 0.29) is 5.91 Å². The number of rotatable bonds is 6. The van der Waals surface area contributed by atoms with E-state index in [1.54, 1.807) is 12.2 Å². The molecule has 1 aromatic carbocycles. The number of methoxy groups -OCH3 is 1. The molecular formula is C15H17NO3. The number of amides is 1. The standard InChI is InChI=1S/C15H17NO3/c1-19-15(18)12-8-3-2-7-11-14(17)16-13-9-5-4-6-10-13/h2-6,8-10,12H,7,11H2,1H3,(H,16,17)/b3-2+,12-8+. The fourth-order valence-corrected chi connectivity index (χ4v) is 1.34. The molecule has 4 heteroatoms. The molecule has 19 heavy (non-hydrogen) atoms. The summed E-state index contributed by atoms with van der Waals surface area (Å²) >= 11 is 0. The van der Waals surface area contributed by atoms with Gasteiger partial charge in [-0.25, -0.2) is 4.79 Å². The van der Waals surface area contributed by atoms with Crippen LogP contribution < -0.4 is 5.32 Å². The number of hydrogen-bond acceptors (Lipinski definition) is 3. The first kappa shape index (κ1) is 14.7. The molecule has 100 valence electrons. The summed E-state index contributed by atoms with van der Waals surface area (Å²) in [6, 6.07) is 9.31. The zero-order valence-corrected chi connectivity index (χ0v) is 10.8. The van der Waals surface area contributed by atoms with Crippen LogP contribution in [0.25, 0.3) is 0 Å². The second-order valence-electron chi connectivity index (χ2n) is 3.76. The third-order valence-corrected chi connectivity index (χ3v) is 2.28. The van der Waals surface area contributed by atoms with Crippen molar-refractivity contribution in [1.29, 1.82) is 0 Å². The van der Waals surface area contributed by atoms with Crippen molar-refractivity contribution in [2.45, 2.75) is 12.8 Å². The lowest BCUT2D eigenvalue weighted by Gasteiger charge is -2.02. The monoisotopic (exact) mass is 259 g/mol. The summed E-state index contributed by atoms with van der Waals surface area (Å²) in [5, 5.41) is 2.80. The van der Waals surface area contributed by atoms with Crippen LogP contribution in [0.3, 0.4) is 0 Å². The van der Waals surface area contributed by atoms with Crippen molar-refractivity contribution in [2.75, 3.05) is 12.4 Å². The summed E-state index contributed by atoms with van der Waals surface area (Å²) in [5.74, 6) is -0.431. The smallest absolute Gasteiger partial charge is 0.330 e. The molecule has 4 nitrogen and oxygen atoms in total. The molecule has 1 N–H and O–H groups in total. The van der Waals surface area contributed by atoms with Gasteiger partial charge in [0.2, 0.25) is 5.91 Å². The fourth-order valence-electron chi connectivity index (χ4n) is 1.34. The van der Waals surface area contributed by atoms with Gasteiger partial charge in [-0.3, -0.25) is 4.79 Å². The Morgan fingerprint density at radius 3 is 2.63 bits per heavy atom. The topological polar surface area (TPSA) is 55.4 Å². The van der Waals surface area contributed by atoms with Gasteiger partial charge < -0.3 is 10.1 Å². The van der Waals surface area contributed by atoms with Crippen molar-refractivity contribution in [2.24, 2.45) is 0 Å². The molecule has 0 saturated heterocycles. The molecular weight excluding hydrogens is 242 g/mol. The van der Waals surface area contributed by atoms with Gasteiger partial charge in [0.15, 0.2) is 0 Å². The Hall–Kier alpha value is -2.36. The van der Waals surface area contributed by atoms with Gasteiger partial charge in [-0.2, -0.15) is 0 Å². The third kappa shape index (κ3) is 6.83. The number of para-hydroxylation sites is 1. The van der Waals surface area contributed by atoms with Gasteiger partial charge in [0.25, 0.3) is 0 Å². The molecule has 0 atom stereocenters. The summed E-state index contributed by atoms with van der Waals surface area (Å²) in [7, 11) is 1.32. The van der Waals surface area contributed by atoms with Crippen molar-refractivity contribution in [3.8, 4) is 0 Å². The highest BCUT2D eigenvalue weighted by atomic mass is 16.5. The Balaban J connectivity index is 2.22. The van der Waals surface area contributed by atoms with Crippen LogP contribution in [0.4, 0.5) is 5.69 Å². The number of carbonyl (C=O) groups excluding carboxylic acids is 2. The van der Waals surface area contributed by atoms with E-state index in [0.29, 0.717) is 12.8 Å². The SMILES string of the molecule is COC(=O)/C=C/C=C/CCC(=O)Nc1ccccc1. The van der Waals surface area contributed by atoms with E-state index in [4.69, 9.17) is 0 Å². The summed E-state index contributed by atoms with van der Waals surface area (Å²) in [6.45, 7) is 0. The predicted octanol–water partition coefficient (Wildman–Crippen LogP) is 2.69. The van der Waals surface area contributed by atoms with Crippen molar-refractivity contribution in [1.82, 2.24) is 0 Å². The van der Waals surface area contributed by atoms with Gasteiger partial charge in [-0.15, -0.1) is 0 Å². The highest BCUT2D eigenvalue weighted by Crippen LogP contribution is 2.06. The van der Waals surface area contributed by atoms with Crippen LogP contribution in [-0.4, -0.2) is 19.0 Å². The summed E-state index contributed by atoms with van der Waals surface area (Å²) in [5.41, 5.74) is 0.794. The fraction of sp³-hybridized carbons (Fsp3) is 0.200. The summed E-state index contributed by atoms with van der Waals surface area (Å²) in [4.78, 5) is 22.3. The van der Waals surface area contributed by atoms with E-state index in [1.807, 2.05) is 36.4 Å². The lowest BCUT2D eigenvalue weighted by Crippen LogP contribution is -2.10. The molecule has 0 aliphatic rings. The van der Waals surface area contributed by atoms with Crippen LogP contribution in [0.15, 0.2) is 54.6 Å². The Morgan fingerprint density at radius 1 is 1.21 bits per heavy atom. The first-order valence-corrected chi connectivity index (χ1v) is 5.98. The van der Waals surface area contributed by atoms with Crippen LogP contribution in [0.5, 0.6) is 0 Å². The first-order chi connectivity index (χ1) is 9.22. The van der Waals surface area contributed by atoms with Gasteiger partial charge >= 0.3 is 5.97 Å². The second-order valence-corrected chi connectivity index (χ2v) is 3.76. The average Bonchev–Trinajstić information content (AvgIpc) is 2.43. The maximum Gasteiger partial charge on any atom is 0.330 e. The second kappa shape index (κ2) is 8.69. The van der Waals surface area contributed by atoms with E-state index in [0.717, 1.165) is 5.69 Å². The molecule has 0 unspecified atom stereocenters. The minimum Gasteiger partial charge on any atom is -0.466 e. The number of esters is 1. The molecule has 0 radical (unpaired) electrons.